The molecule has 6 rings (SSSR count). The molecule has 0 radical (unpaired) electrons. The third-order valence-corrected chi connectivity index (χ3v) is 10.2. The van der Waals surface area contributed by atoms with E-state index < -0.39 is 44.0 Å². The van der Waals surface area contributed by atoms with Crippen molar-refractivity contribution < 1.29 is 58.6 Å². The lowest BCUT2D eigenvalue weighted by Gasteiger charge is -2.13. The average molecular weight is 864 g/mol. The molecule has 0 spiro atoms. The van der Waals surface area contributed by atoms with E-state index in [-0.39, 0.29) is 31.3 Å². The summed E-state index contributed by atoms with van der Waals surface area (Å²) < 4.78 is 23.8. The van der Waals surface area contributed by atoms with Crippen LogP contribution < -0.4 is 9.47 Å². The fourth-order valence-corrected chi connectivity index (χ4v) is 6.78. The number of ether oxygens (including phenoxy) is 4. The molecule has 316 valence electrons. The predicted molar refractivity (Wildman–Crippen MR) is 224 cm³/mol. The van der Waals surface area contributed by atoms with Crippen LogP contribution in [0.3, 0.4) is 0 Å². The summed E-state index contributed by atoms with van der Waals surface area (Å²) in [7, 11) is 3.07. The van der Waals surface area contributed by atoms with Gasteiger partial charge in [0.05, 0.1) is 57.9 Å². The summed E-state index contributed by atoms with van der Waals surface area (Å²) in [6.07, 6.45) is -2.36. The third-order valence-electron chi connectivity index (χ3n) is 9.67. The van der Waals surface area contributed by atoms with Gasteiger partial charge in [0.15, 0.2) is 0 Å². The van der Waals surface area contributed by atoms with E-state index in [0.717, 1.165) is 0 Å². The highest BCUT2D eigenvalue weighted by atomic mass is 35.5. The van der Waals surface area contributed by atoms with Crippen molar-refractivity contribution in [2.75, 3.05) is 40.6 Å². The largest absolute Gasteiger partial charge is 0.497 e. The highest BCUT2D eigenvalue weighted by Crippen LogP contribution is 2.33. The maximum absolute atomic E-state index is 13.2. The fraction of sp³-hybridized carbons (Fsp3) is 0.273. The van der Waals surface area contributed by atoms with Gasteiger partial charge in [0.25, 0.3) is 11.8 Å². The van der Waals surface area contributed by atoms with Gasteiger partial charge >= 0.3 is 11.9 Å². The zero-order chi connectivity index (χ0) is 43.7. The third kappa shape index (κ3) is 10.3. The van der Waals surface area contributed by atoms with Crippen LogP contribution in [0.15, 0.2) is 84.9 Å². The molecule has 1 atom stereocenters. The average Bonchev–Trinajstić information content (AvgIpc) is 3.68. The summed E-state index contributed by atoms with van der Waals surface area (Å²) in [6.45, 7) is 1.74. The predicted octanol–water partition coefficient (Wildman–Crippen LogP) is 5.48. The summed E-state index contributed by atoms with van der Waals surface area (Å²) in [5, 5.41) is 39.0. The van der Waals surface area contributed by atoms with E-state index >= 15 is 0 Å². The van der Waals surface area contributed by atoms with E-state index in [2.05, 4.69) is 0 Å². The first-order valence-electron chi connectivity index (χ1n) is 18.6. The first kappa shape index (κ1) is 45.3. The van der Waals surface area contributed by atoms with E-state index in [1.165, 1.54) is 18.8 Å². The van der Waals surface area contributed by atoms with Crippen molar-refractivity contribution in [3.05, 3.63) is 129 Å². The first-order chi connectivity index (χ1) is 28.7. The van der Waals surface area contributed by atoms with Crippen LogP contribution in [0.4, 0.5) is 0 Å². The molecule has 0 bridgehead atoms. The van der Waals surface area contributed by atoms with Crippen molar-refractivity contribution in [3.63, 3.8) is 0 Å². The molecule has 60 heavy (non-hydrogen) atoms. The lowest BCUT2D eigenvalue weighted by Crippen LogP contribution is -2.26. The number of aliphatic hydroxyl groups excluding tert-OH is 4. The highest BCUT2D eigenvalue weighted by Gasteiger charge is 2.25. The van der Waals surface area contributed by atoms with Crippen LogP contribution in [0, 0.1) is 13.8 Å². The Morgan fingerprint density at radius 2 is 1.03 bits per heavy atom. The number of hydrogen-bond donors (Lipinski definition) is 4. The van der Waals surface area contributed by atoms with Gasteiger partial charge in [-0.05, 0) is 110 Å². The van der Waals surface area contributed by atoms with Crippen molar-refractivity contribution in [2.24, 2.45) is 0 Å². The second-order valence-electron chi connectivity index (χ2n) is 13.5. The van der Waals surface area contributed by atoms with E-state index in [1.54, 1.807) is 103 Å². The number of benzene rings is 4. The topological polar surface area (TPSA) is 196 Å². The Kier molecular flexibility index (Phi) is 15.5. The maximum Gasteiger partial charge on any atom is 0.310 e. The minimum absolute atomic E-state index is 0.103. The molecule has 0 saturated heterocycles. The van der Waals surface area contributed by atoms with Gasteiger partial charge in [-0.25, -0.2) is 0 Å². The second kappa shape index (κ2) is 20.5. The molecule has 1 unspecified atom stereocenters. The molecule has 16 heteroatoms. The molecule has 2 aromatic heterocycles. The van der Waals surface area contributed by atoms with Crippen molar-refractivity contribution >= 4 is 68.8 Å². The standard InChI is InChI=1S/2C22H22ClNO6/c1-13-18(10-21(27)30-12-16(26)11-25)19-9-17(29-2)7-8-20(19)24(13)22(28)14-3-5-15(23)6-4-14;1-13-18(10-21(27)30-17(11-25)12-26)19-9-16(29-2)7-8-20(19)24(13)22(28)14-3-5-15(23)6-4-14/h3-9,16,25-26H,10-12H2,1-2H3;3-9,17,25-26H,10-12H2,1-2H3. The number of halogens is 2. The van der Waals surface area contributed by atoms with Crippen LogP contribution >= 0.6 is 23.2 Å². The summed E-state index contributed by atoms with van der Waals surface area (Å²) in [6, 6.07) is 23.7. The Bertz CT molecular complexity index is 2490. The molecule has 0 amide bonds. The van der Waals surface area contributed by atoms with E-state index in [9.17, 15) is 24.3 Å². The molecule has 0 aliphatic rings. The number of fused-ring (bicyclic) bond motifs is 2. The van der Waals surface area contributed by atoms with Crippen molar-refractivity contribution in [2.45, 2.75) is 38.9 Å². The van der Waals surface area contributed by atoms with Gasteiger partial charge in [0.2, 0.25) is 0 Å². The van der Waals surface area contributed by atoms with Gasteiger partial charge in [0.1, 0.15) is 30.3 Å². The molecule has 0 fully saturated rings. The molecule has 4 aromatic carbocycles. The minimum Gasteiger partial charge on any atom is -0.497 e. The number of aliphatic hydroxyl groups is 4. The lowest BCUT2D eigenvalue weighted by molar-refractivity contribution is -0.152. The van der Waals surface area contributed by atoms with Crippen LogP contribution in [0.25, 0.3) is 21.8 Å². The number of methoxy groups -OCH3 is 2. The van der Waals surface area contributed by atoms with Gasteiger partial charge in [-0.1, -0.05) is 23.2 Å². The number of carbonyl (C=O) groups excluding carboxylic acids is 4. The van der Waals surface area contributed by atoms with Gasteiger partial charge in [-0.2, -0.15) is 0 Å². The first-order valence-corrected chi connectivity index (χ1v) is 19.3. The summed E-state index contributed by atoms with van der Waals surface area (Å²) in [4.78, 5) is 51.1. The number of rotatable bonds is 14. The second-order valence-corrected chi connectivity index (χ2v) is 14.4. The SMILES string of the molecule is COc1ccc2c(c1)c(CC(=O)OC(CO)CO)c(C)n2C(=O)c1ccc(Cl)cc1.COc1ccc2c(c1)c(CC(=O)OCC(O)CO)c(C)n2C(=O)c1ccc(Cl)cc1. The summed E-state index contributed by atoms with van der Waals surface area (Å²) >= 11 is 11.9. The van der Waals surface area contributed by atoms with Gasteiger partial charge in [0, 0.05) is 43.3 Å². The fourth-order valence-electron chi connectivity index (χ4n) is 6.53. The Morgan fingerprint density at radius 1 is 0.617 bits per heavy atom. The van der Waals surface area contributed by atoms with Crippen molar-refractivity contribution in [1.82, 2.24) is 9.13 Å². The Hall–Kier alpha value is -5.74. The van der Waals surface area contributed by atoms with Gasteiger partial charge in [-0.15, -0.1) is 0 Å². The van der Waals surface area contributed by atoms with Crippen LogP contribution in [-0.4, -0.2) is 106 Å². The number of esters is 2. The van der Waals surface area contributed by atoms with Crippen LogP contribution in [-0.2, 0) is 31.9 Å². The molecule has 14 nitrogen and oxygen atoms in total. The molecule has 0 aliphatic carbocycles. The van der Waals surface area contributed by atoms with Crippen molar-refractivity contribution in [1.29, 1.82) is 0 Å². The monoisotopic (exact) mass is 862 g/mol. The zero-order valence-electron chi connectivity index (χ0n) is 33.2. The summed E-state index contributed by atoms with van der Waals surface area (Å²) in [5.74, 6) is -0.545. The zero-order valence-corrected chi connectivity index (χ0v) is 34.7. The van der Waals surface area contributed by atoms with Gasteiger partial charge in [-0.3, -0.25) is 28.3 Å². The molecule has 0 aliphatic heterocycles. The summed E-state index contributed by atoms with van der Waals surface area (Å²) in [5.41, 5.74) is 4.56. The number of nitrogens with zero attached hydrogens (tertiary/aromatic N) is 2. The van der Waals surface area contributed by atoms with Crippen molar-refractivity contribution in [3.8, 4) is 11.5 Å². The molecular formula is C44H44Cl2N2O12. The molecule has 0 saturated carbocycles. The van der Waals surface area contributed by atoms with E-state index in [4.69, 9.17) is 57.5 Å². The van der Waals surface area contributed by atoms with Crippen LogP contribution in [0.5, 0.6) is 11.5 Å². The van der Waals surface area contributed by atoms with Crippen LogP contribution in [0.1, 0.15) is 43.2 Å². The number of carbonyl (C=O) groups is 4. The van der Waals surface area contributed by atoms with Gasteiger partial charge < -0.3 is 39.4 Å². The van der Waals surface area contributed by atoms with Crippen LogP contribution in [0.2, 0.25) is 10.0 Å². The van der Waals surface area contributed by atoms with E-state index in [0.29, 0.717) is 77.0 Å². The molecular weight excluding hydrogens is 819 g/mol. The molecule has 4 N–H and O–H groups in total. The number of hydrogen-bond acceptors (Lipinski definition) is 12. The Morgan fingerprint density at radius 3 is 1.42 bits per heavy atom. The minimum atomic E-state index is -1.14. The van der Waals surface area contributed by atoms with E-state index in [1.807, 2.05) is 0 Å². The molecule has 2 heterocycles. The molecule has 6 aromatic rings. The number of aromatic nitrogens is 2. The Labute approximate surface area is 355 Å². The quantitative estimate of drug-likeness (QED) is 0.101. The lowest BCUT2D eigenvalue weighted by atomic mass is 10.1. The maximum atomic E-state index is 13.2. The normalized spacial score (nSPS) is 11.6. The highest BCUT2D eigenvalue weighted by molar-refractivity contribution is 6.31. The smallest absolute Gasteiger partial charge is 0.310 e. The Balaban J connectivity index is 0.000000228.